The molecule has 0 saturated heterocycles. The highest BCUT2D eigenvalue weighted by atomic mass is 32.2. The van der Waals surface area contributed by atoms with Gasteiger partial charge < -0.3 is 14.6 Å². The monoisotopic (exact) mass is 440 g/mol. The fraction of sp³-hybridized carbons (Fsp3) is 0.182. The molecule has 0 saturated carbocycles. The first kappa shape index (κ1) is 22.3. The number of anilines is 1. The molecule has 0 radical (unpaired) electrons. The van der Waals surface area contributed by atoms with Crippen LogP contribution in [0.3, 0.4) is 0 Å². The zero-order valence-corrected chi connectivity index (χ0v) is 18.1. The number of nitrogens with zero attached hydrogens (tertiary/aromatic N) is 2. The van der Waals surface area contributed by atoms with E-state index in [-0.39, 0.29) is 10.8 Å². The first-order chi connectivity index (χ1) is 14.9. The van der Waals surface area contributed by atoms with Crippen molar-refractivity contribution in [1.29, 1.82) is 0 Å². The average Bonchev–Trinajstić information content (AvgIpc) is 3.17. The minimum absolute atomic E-state index is 0.182. The first-order valence-electron chi connectivity index (χ1n) is 9.65. The van der Waals surface area contributed by atoms with Gasteiger partial charge in [0.1, 0.15) is 18.2 Å². The van der Waals surface area contributed by atoms with Crippen molar-refractivity contribution in [2.75, 3.05) is 11.9 Å². The molecule has 0 aliphatic heterocycles. The Kier molecular flexibility index (Phi) is 7.22. The van der Waals surface area contributed by atoms with Crippen molar-refractivity contribution in [3.63, 3.8) is 0 Å². The third kappa shape index (κ3) is 6.27. The number of aromatic nitrogens is 2. The number of carbonyl (C=O) groups is 1. The Morgan fingerprint density at radius 1 is 1.13 bits per heavy atom. The maximum Gasteiger partial charge on any atom is 0.248 e. The second-order valence-corrected chi connectivity index (χ2v) is 8.43. The molecule has 0 atom stereocenters. The van der Waals surface area contributed by atoms with E-state index in [4.69, 9.17) is 4.74 Å². The molecule has 0 aliphatic carbocycles. The van der Waals surface area contributed by atoms with Gasteiger partial charge in [-0.25, -0.2) is 18.1 Å². The summed E-state index contributed by atoms with van der Waals surface area (Å²) in [6.45, 7) is 2.39. The maximum absolute atomic E-state index is 12.2. The number of sulfonamides is 1. The van der Waals surface area contributed by atoms with Crippen LogP contribution in [-0.4, -0.2) is 30.4 Å². The summed E-state index contributed by atoms with van der Waals surface area (Å²) in [6.07, 6.45) is 6.57. The second-order valence-electron chi connectivity index (χ2n) is 6.66. The molecule has 162 valence electrons. The van der Waals surface area contributed by atoms with Gasteiger partial charge in [-0.2, -0.15) is 0 Å². The van der Waals surface area contributed by atoms with Gasteiger partial charge in [0.05, 0.1) is 4.90 Å². The molecule has 8 nitrogen and oxygen atoms in total. The van der Waals surface area contributed by atoms with Gasteiger partial charge >= 0.3 is 0 Å². The SMILES string of the molecule is CCNS(=O)(=O)c1ccc(C=CC(=O)Nc2ccc(OCc3nccn3C)cc2)cc1. The molecule has 1 amide bonds. The second kappa shape index (κ2) is 10.1. The largest absolute Gasteiger partial charge is 0.486 e. The van der Waals surface area contributed by atoms with E-state index in [1.54, 1.807) is 55.6 Å². The lowest BCUT2D eigenvalue weighted by Gasteiger charge is -2.07. The van der Waals surface area contributed by atoms with E-state index in [1.807, 2.05) is 17.8 Å². The predicted molar refractivity (Wildman–Crippen MR) is 119 cm³/mol. The lowest BCUT2D eigenvalue weighted by atomic mass is 10.2. The van der Waals surface area contributed by atoms with Crippen LogP contribution in [0.5, 0.6) is 5.75 Å². The Bertz CT molecular complexity index is 1150. The van der Waals surface area contributed by atoms with Gasteiger partial charge in [-0.15, -0.1) is 0 Å². The summed E-state index contributed by atoms with van der Waals surface area (Å²) in [5, 5.41) is 2.77. The molecular weight excluding hydrogens is 416 g/mol. The van der Waals surface area contributed by atoms with E-state index in [1.165, 1.54) is 18.2 Å². The van der Waals surface area contributed by atoms with E-state index in [2.05, 4.69) is 15.0 Å². The average molecular weight is 441 g/mol. The standard InChI is InChI=1S/C22H24N4O4S/c1-3-24-31(28,29)20-11-4-17(5-12-20)6-13-22(27)25-18-7-9-19(10-8-18)30-16-21-23-14-15-26(21)2/h4-15,24H,3,16H2,1-2H3,(H,25,27). The van der Waals surface area contributed by atoms with Crippen LogP contribution in [0, 0.1) is 0 Å². The smallest absolute Gasteiger partial charge is 0.248 e. The highest BCUT2D eigenvalue weighted by Crippen LogP contribution is 2.17. The minimum Gasteiger partial charge on any atom is -0.486 e. The van der Waals surface area contributed by atoms with E-state index < -0.39 is 10.0 Å². The number of benzene rings is 2. The van der Waals surface area contributed by atoms with E-state index in [0.717, 1.165) is 5.82 Å². The summed E-state index contributed by atoms with van der Waals surface area (Å²) < 4.78 is 33.9. The summed E-state index contributed by atoms with van der Waals surface area (Å²) in [6, 6.07) is 13.3. The molecule has 0 unspecified atom stereocenters. The van der Waals surface area contributed by atoms with Crippen molar-refractivity contribution < 1.29 is 17.9 Å². The van der Waals surface area contributed by atoms with Crippen molar-refractivity contribution in [2.24, 2.45) is 7.05 Å². The molecule has 9 heteroatoms. The lowest BCUT2D eigenvalue weighted by Crippen LogP contribution is -2.22. The molecule has 3 aromatic rings. The van der Waals surface area contributed by atoms with Crippen LogP contribution in [0.1, 0.15) is 18.3 Å². The highest BCUT2D eigenvalue weighted by molar-refractivity contribution is 7.89. The maximum atomic E-state index is 12.2. The molecule has 2 aromatic carbocycles. The summed E-state index contributed by atoms with van der Waals surface area (Å²) in [5.41, 5.74) is 1.34. The zero-order chi connectivity index (χ0) is 22.3. The van der Waals surface area contributed by atoms with Gasteiger partial charge in [0.2, 0.25) is 15.9 Å². The molecule has 31 heavy (non-hydrogen) atoms. The van der Waals surface area contributed by atoms with Crippen LogP contribution >= 0.6 is 0 Å². The third-order valence-electron chi connectivity index (χ3n) is 4.36. The number of rotatable bonds is 9. The molecular formula is C22H24N4O4S. The molecule has 3 rings (SSSR count). The van der Waals surface area contributed by atoms with Crippen molar-refractivity contribution in [2.45, 2.75) is 18.4 Å². The van der Waals surface area contributed by atoms with Crippen molar-refractivity contribution in [3.05, 3.63) is 78.4 Å². The van der Waals surface area contributed by atoms with Crippen LogP contribution in [0.15, 0.2) is 71.9 Å². The minimum atomic E-state index is -3.49. The Balaban J connectivity index is 1.53. The molecule has 0 bridgehead atoms. The number of aryl methyl sites for hydroxylation is 1. The summed E-state index contributed by atoms with van der Waals surface area (Å²) >= 11 is 0. The van der Waals surface area contributed by atoms with Gasteiger partial charge in [0.25, 0.3) is 0 Å². The van der Waals surface area contributed by atoms with Gasteiger partial charge in [-0.05, 0) is 48.0 Å². The quantitative estimate of drug-likeness (QED) is 0.498. The molecule has 1 heterocycles. The zero-order valence-electron chi connectivity index (χ0n) is 17.3. The fourth-order valence-electron chi connectivity index (χ4n) is 2.71. The normalized spacial score (nSPS) is 11.5. The van der Waals surface area contributed by atoms with Crippen LogP contribution in [0.2, 0.25) is 0 Å². The summed E-state index contributed by atoms with van der Waals surface area (Å²) in [4.78, 5) is 16.5. The topological polar surface area (TPSA) is 102 Å². The number of carbonyl (C=O) groups excluding carboxylic acids is 1. The van der Waals surface area contributed by atoms with E-state index in [9.17, 15) is 13.2 Å². The van der Waals surface area contributed by atoms with Gasteiger partial charge in [-0.1, -0.05) is 19.1 Å². The van der Waals surface area contributed by atoms with Crippen molar-refractivity contribution in [1.82, 2.24) is 14.3 Å². The fourth-order valence-corrected chi connectivity index (χ4v) is 3.75. The molecule has 2 N–H and O–H groups in total. The van der Waals surface area contributed by atoms with Crippen LogP contribution in [0.4, 0.5) is 5.69 Å². The molecule has 0 spiro atoms. The number of imidazole rings is 1. The number of amides is 1. The highest BCUT2D eigenvalue weighted by Gasteiger charge is 2.11. The lowest BCUT2D eigenvalue weighted by molar-refractivity contribution is -0.111. The van der Waals surface area contributed by atoms with E-state index in [0.29, 0.717) is 30.2 Å². The van der Waals surface area contributed by atoms with Gasteiger partial charge in [0, 0.05) is 37.7 Å². The first-order valence-corrected chi connectivity index (χ1v) is 11.1. The number of ether oxygens (including phenoxy) is 1. The van der Waals surface area contributed by atoms with Crippen LogP contribution < -0.4 is 14.8 Å². The predicted octanol–water partition coefficient (Wildman–Crippen LogP) is 2.95. The molecule has 0 fully saturated rings. The van der Waals surface area contributed by atoms with E-state index >= 15 is 0 Å². The van der Waals surface area contributed by atoms with Crippen LogP contribution in [-0.2, 0) is 28.5 Å². The van der Waals surface area contributed by atoms with Crippen molar-refractivity contribution in [3.8, 4) is 5.75 Å². The Morgan fingerprint density at radius 2 is 1.84 bits per heavy atom. The number of hydrogen-bond donors (Lipinski definition) is 2. The number of hydrogen-bond acceptors (Lipinski definition) is 5. The Hall–Kier alpha value is -3.43. The van der Waals surface area contributed by atoms with Crippen LogP contribution in [0.25, 0.3) is 6.08 Å². The summed E-state index contributed by atoms with van der Waals surface area (Å²) in [7, 11) is -1.59. The molecule has 0 aliphatic rings. The van der Waals surface area contributed by atoms with Gasteiger partial charge in [-0.3, -0.25) is 4.79 Å². The number of nitrogens with one attached hydrogen (secondary N) is 2. The van der Waals surface area contributed by atoms with Gasteiger partial charge in [0.15, 0.2) is 0 Å². The van der Waals surface area contributed by atoms with Crippen molar-refractivity contribution >= 4 is 27.7 Å². The molecule has 1 aromatic heterocycles. The summed E-state index contributed by atoms with van der Waals surface area (Å²) in [5.74, 6) is 1.19. The third-order valence-corrected chi connectivity index (χ3v) is 5.92. The Labute approximate surface area is 181 Å². The Morgan fingerprint density at radius 3 is 2.45 bits per heavy atom.